The molecule has 0 saturated heterocycles. The Hall–Kier alpha value is -1.40. The fraction of sp³-hybridized carbons (Fsp3) is 0.250. The van der Waals surface area contributed by atoms with Crippen LogP contribution in [0.3, 0.4) is 0 Å². The van der Waals surface area contributed by atoms with Crippen molar-refractivity contribution < 1.29 is 0 Å². The van der Waals surface area contributed by atoms with Gasteiger partial charge in [-0.2, -0.15) is 0 Å². The van der Waals surface area contributed by atoms with Gasteiger partial charge in [0.05, 0.1) is 29.3 Å². The quantitative estimate of drug-likeness (QED) is 0.930. The van der Waals surface area contributed by atoms with Gasteiger partial charge in [0.15, 0.2) is 0 Å². The molecule has 0 aliphatic carbocycles. The van der Waals surface area contributed by atoms with Crippen molar-refractivity contribution in [1.82, 2.24) is 14.5 Å². The van der Waals surface area contributed by atoms with Gasteiger partial charge in [0.1, 0.15) is 10.3 Å². The number of nitrogens with one attached hydrogen (secondary N) is 1. The molecule has 2 rings (SSSR count). The predicted molar refractivity (Wildman–Crippen MR) is 78.8 cm³/mol. The van der Waals surface area contributed by atoms with E-state index in [1.165, 1.54) is 10.9 Å². The van der Waals surface area contributed by atoms with Crippen molar-refractivity contribution in [3.05, 3.63) is 49.7 Å². The van der Waals surface area contributed by atoms with E-state index in [0.717, 1.165) is 0 Å². The summed E-state index contributed by atoms with van der Waals surface area (Å²) in [6, 6.07) is 3.52. The minimum atomic E-state index is -0.153. The molecule has 0 aliphatic rings. The van der Waals surface area contributed by atoms with Gasteiger partial charge in [-0.3, -0.25) is 9.36 Å². The fourth-order valence-corrected chi connectivity index (χ4v) is 2.05. The van der Waals surface area contributed by atoms with Crippen molar-refractivity contribution >= 4 is 33.3 Å². The molecule has 7 heteroatoms. The summed E-state index contributed by atoms with van der Waals surface area (Å²) in [5.74, 6) is 0.701. The maximum absolute atomic E-state index is 12.0. The Morgan fingerprint density at radius 3 is 2.89 bits per heavy atom. The monoisotopic (exact) mass is 342 g/mol. The Morgan fingerprint density at radius 1 is 1.47 bits per heavy atom. The molecule has 2 heterocycles. The first-order valence-corrected chi connectivity index (χ1v) is 6.74. The zero-order chi connectivity index (χ0) is 14.0. The van der Waals surface area contributed by atoms with Crippen LogP contribution >= 0.6 is 27.5 Å². The van der Waals surface area contributed by atoms with E-state index in [1.807, 2.05) is 0 Å². The molecule has 0 unspecified atom stereocenters. The summed E-state index contributed by atoms with van der Waals surface area (Å²) in [5, 5.41) is 3.45. The van der Waals surface area contributed by atoms with Gasteiger partial charge in [0, 0.05) is 7.05 Å². The summed E-state index contributed by atoms with van der Waals surface area (Å²) in [4.78, 5) is 20.5. The molecular weight excluding hydrogens is 332 g/mol. The molecule has 19 heavy (non-hydrogen) atoms. The third-order valence-electron chi connectivity index (χ3n) is 2.65. The molecule has 0 radical (unpaired) electrons. The van der Waals surface area contributed by atoms with Crippen LogP contribution in [0.5, 0.6) is 0 Å². The Kier molecular flexibility index (Phi) is 4.21. The number of hydrogen-bond donors (Lipinski definition) is 1. The van der Waals surface area contributed by atoms with Gasteiger partial charge < -0.3 is 5.32 Å². The molecule has 2 aromatic heterocycles. The average Bonchev–Trinajstić information content (AvgIpc) is 2.41. The minimum absolute atomic E-state index is 0.153. The molecule has 2 aromatic rings. The largest absolute Gasteiger partial charge is 0.373 e. The highest BCUT2D eigenvalue weighted by Crippen LogP contribution is 2.17. The maximum atomic E-state index is 12.0. The summed E-state index contributed by atoms with van der Waals surface area (Å²) >= 11 is 9.32. The molecule has 0 atom stereocenters. The van der Waals surface area contributed by atoms with Gasteiger partial charge in [0.25, 0.3) is 5.56 Å². The molecule has 100 valence electrons. The van der Waals surface area contributed by atoms with Crippen LogP contribution in [0.2, 0.25) is 5.02 Å². The highest BCUT2D eigenvalue weighted by Gasteiger charge is 2.09. The summed E-state index contributed by atoms with van der Waals surface area (Å²) in [5.41, 5.74) is 1.12. The van der Waals surface area contributed by atoms with Crippen molar-refractivity contribution in [3.8, 4) is 0 Å². The number of anilines is 1. The normalized spacial score (nSPS) is 10.5. The van der Waals surface area contributed by atoms with Crippen molar-refractivity contribution in [1.29, 1.82) is 0 Å². The van der Waals surface area contributed by atoms with E-state index in [0.29, 0.717) is 26.7 Å². The highest BCUT2D eigenvalue weighted by molar-refractivity contribution is 9.10. The lowest BCUT2D eigenvalue weighted by Gasteiger charge is -2.09. The average molecular weight is 344 g/mol. The van der Waals surface area contributed by atoms with Crippen LogP contribution in [-0.4, -0.2) is 21.6 Å². The van der Waals surface area contributed by atoms with E-state index in [-0.39, 0.29) is 12.1 Å². The Bertz CT molecular complexity index is 671. The lowest BCUT2D eigenvalue weighted by atomic mass is 10.3. The third-order valence-corrected chi connectivity index (χ3v) is 3.91. The van der Waals surface area contributed by atoms with Gasteiger partial charge in [-0.1, -0.05) is 11.6 Å². The maximum Gasteiger partial charge on any atom is 0.268 e. The zero-order valence-electron chi connectivity index (χ0n) is 10.4. The lowest BCUT2D eigenvalue weighted by Crippen LogP contribution is -2.23. The molecule has 1 N–H and O–H groups in total. The van der Waals surface area contributed by atoms with Crippen LogP contribution in [0.15, 0.2) is 27.7 Å². The lowest BCUT2D eigenvalue weighted by molar-refractivity contribution is 0.709. The van der Waals surface area contributed by atoms with Gasteiger partial charge in [-0.05, 0) is 35.0 Å². The smallest absolute Gasteiger partial charge is 0.268 e. The fourth-order valence-electron chi connectivity index (χ4n) is 1.55. The second-order valence-corrected chi connectivity index (χ2v) is 5.15. The summed E-state index contributed by atoms with van der Waals surface area (Å²) in [6.07, 6.45) is 1.49. The number of rotatable bonds is 3. The van der Waals surface area contributed by atoms with E-state index in [1.54, 1.807) is 26.1 Å². The van der Waals surface area contributed by atoms with Crippen molar-refractivity contribution in [2.45, 2.75) is 13.5 Å². The van der Waals surface area contributed by atoms with E-state index in [9.17, 15) is 4.79 Å². The Morgan fingerprint density at radius 2 is 2.21 bits per heavy atom. The highest BCUT2D eigenvalue weighted by atomic mass is 79.9. The first kappa shape index (κ1) is 14.0. The van der Waals surface area contributed by atoms with E-state index < -0.39 is 0 Å². The Labute approximate surface area is 123 Å². The first-order chi connectivity index (χ1) is 9.02. The summed E-state index contributed by atoms with van der Waals surface area (Å²) < 4.78 is 1.92. The van der Waals surface area contributed by atoms with Crippen LogP contribution in [0.4, 0.5) is 5.82 Å². The first-order valence-electron chi connectivity index (χ1n) is 5.57. The van der Waals surface area contributed by atoms with Gasteiger partial charge in [0.2, 0.25) is 0 Å². The molecule has 0 amide bonds. The van der Waals surface area contributed by atoms with Gasteiger partial charge in [-0.25, -0.2) is 9.97 Å². The van der Waals surface area contributed by atoms with Crippen molar-refractivity contribution in [2.75, 3.05) is 12.4 Å². The van der Waals surface area contributed by atoms with Crippen LogP contribution in [0.1, 0.15) is 11.4 Å². The van der Waals surface area contributed by atoms with Crippen LogP contribution in [0, 0.1) is 6.92 Å². The number of aryl methyl sites for hydroxylation is 1. The molecular formula is C12H12BrClN4O. The van der Waals surface area contributed by atoms with E-state index in [4.69, 9.17) is 11.6 Å². The number of nitrogens with zero attached hydrogens (tertiary/aromatic N) is 3. The number of halogens is 2. The molecule has 0 aromatic carbocycles. The van der Waals surface area contributed by atoms with Gasteiger partial charge >= 0.3 is 0 Å². The number of aromatic nitrogens is 3. The SMILES string of the molecule is CNc1ccc(Cl)c(Cn2cnc(C)c(Br)c2=O)n1. The minimum Gasteiger partial charge on any atom is -0.373 e. The molecule has 5 nitrogen and oxygen atoms in total. The summed E-state index contributed by atoms with van der Waals surface area (Å²) in [6.45, 7) is 2.04. The summed E-state index contributed by atoms with van der Waals surface area (Å²) in [7, 11) is 1.77. The molecule has 0 aliphatic heterocycles. The third kappa shape index (κ3) is 2.96. The molecule has 0 bridgehead atoms. The van der Waals surface area contributed by atoms with Crippen LogP contribution < -0.4 is 10.9 Å². The second kappa shape index (κ2) is 5.71. The van der Waals surface area contributed by atoms with E-state index >= 15 is 0 Å². The zero-order valence-corrected chi connectivity index (χ0v) is 12.8. The standard InChI is InChI=1S/C12H12BrClN4O/c1-7-11(13)12(19)18(6-16-7)5-9-8(14)3-4-10(15-2)17-9/h3-4,6H,5H2,1-2H3,(H,15,17). The Balaban J connectivity index is 2.42. The van der Waals surface area contributed by atoms with Crippen LogP contribution in [0.25, 0.3) is 0 Å². The van der Waals surface area contributed by atoms with Crippen LogP contribution in [-0.2, 0) is 6.54 Å². The topological polar surface area (TPSA) is 59.8 Å². The number of hydrogen-bond acceptors (Lipinski definition) is 4. The van der Waals surface area contributed by atoms with Gasteiger partial charge in [-0.15, -0.1) is 0 Å². The molecule has 0 spiro atoms. The second-order valence-electron chi connectivity index (χ2n) is 3.95. The predicted octanol–water partition coefficient (Wildman–Crippen LogP) is 2.45. The molecule has 0 fully saturated rings. The molecule has 0 saturated carbocycles. The van der Waals surface area contributed by atoms with E-state index in [2.05, 4.69) is 31.2 Å². The van der Waals surface area contributed by atoms with Crippen molar-refractivity contribution in [2.24, 2.45) is 0 Å². The number of pyridine rings is 1. The van der Waals surface area contributed by atoms with Crippen molar-refractivity contribution in [3.63, 3.8) is 0 Å².